The van der Waals surface area contributed by atoms with Crippen LogP contribution in [0.1, 0.15) is 40.7 Å². The van der Waals surface area contributed by atoms with Crippen molar-refractivity contribution in [3.05, 3.63) is 118 Å². The first kappa shape index (κ1) is 18.6. The second kappa shape index (κ2) is 6.84. The summed E-state index contributed by atoms with van der Waals surface area (Å²) in [5.41, 5.74) is 6.32. The maximum absolute atomic E-state index is 14.4. The Labute approximate surface area is 177 Å². The van der Waals surface area contributed by atoms with Crippen LogP contribution in [0.15, 0.2) is 90.0 Å². The molecule has 0 aromatic heterocycles. The van der Waals surface area contributed by atoms with E-state index in [1.54, 1.807) is 0 Å². The van der Waals surface area contributed by atoms with E-state index < -0.39 is 5.41 Å². The van der Waals surface area contributed by atoms with Crippen LogP contribution in [0.2, 0.25) is 0 Å². The zero-order valence-electron chi connectivity index (χ0n) is 17.3. The molecule has 0 aliphatic heterocycles. The van der Waals surface area contributed by atoms with Crippen LogP contribution in [-0.4, -0.2) is 10.9 Å². The molecule has 148 valence electrons. The van der Waals surface area contributed by atoms with Crippen molar-refractivity contribution in [1.82, 2.24) is 0 Å². The summed E-state index contributed by atoms with van der Waals surface area (Å²) in [6.07, 6.45) is 3.97. The quantitative estimate of drug-likeness (QED) is 0.589. The fraction of sp³-hybridized carbons (Fsp3) is 0.179. The van der Waals surface area contributed by atoms with Gasteiger partial charge in [0.1, 0.15) is 11.2 Å². The average molecular weight is 392 g/mol. The van der Waals surface area contributed by atoms with E-state index in [4.69, 9.17) is 0 Å². The van der Waals surface area contributed by atoms with E-state index in [9.17, 15) is 9.90 Å². The van der Waals surface area contributed by atoms with Gasteiger partial charge in [-0.15, -0.1) is 0 Å². The van der Waals surface area contributed by atoms with Crippen LogP contribution in [0.3, 0.4) is 0 Å². The van der Waals surface area contributed by atoms with Crippen molar-refractivity contribution in [3.63, 3.8) is 0 Å². The number of Topliss-reactive ketones (excluding diaryl/α,β-unsaturated/α-hetero) is 1. The molecule has 1 N–H and O–H groups in total. The number of hydrogen-bond donors (Lipinski definition) is 1. The van der Waals surface area contributed by atoms with Gasteiger partial charge in [0.15, 0.2) is 5.78 Å². The highest BCUT2D eigenvalue weighted by atomic mass is 16.3. The Bertz CT molecular complexity index is 1220. The number of benzene rings is 3. The number of ketones is 1. The molecule has 3 aromatic carbocycles. The summed E-state index contributed by atoms with van der Waals surface area (Å²) in [4.78, 5) is 14.4. The molecule has 2 heteroatoms. The smallest absolute Gasteiger partial charge is 0.183 e. The SMILES string of the molecule is Cc1cc(C)c(O)c(C2(c3ccccc3)C(=O)C(c3ccccc3)=C3CCC=C32)c1. The number of hydrogen-bond acceptors (Lipinski definition) is 2. The van der Waals surface area contributed by atoms with Gasteiger partial charge in [0.25, 0.3) is 0 Å². The minimum Gasteiger partial charge on any atom is -0.507 e. The molecular weight excluding hydrogens is 368 g/mol. The fourth-order valence-corrected chi connectivity index (χ4v) is 5.26. The molecule has 30 heavy (non-hydrogen) atoms. The van der Waals surface area contributed by atoms with E-state index in [0.717, 1.165) is 51.8 Å². The van der Waals surface area contributed by atoms with Crippen LogP contribution in [0, 0.1) is 13.8 Å². The Morgan fingerprint density at radius 3 is 2.27 bits per heavy atom. The largest absolute Gasteiger partial charge is 0.507 e. The number of fused-ring (bicyclic) bond motifs is 1. The molecule has 0 radical (unpaired) electrons. The van der Waals surface area contributed by atoms with E-state index in [2.05, 4.69) is 6.08 Å². The minimum absolute atomic E-state index is 0.0566. The topological polar surface area (TPSA) is 37.3 Å². The van der Waals surface area contributed by atoms with Gasteiger partial charge in [0.2, 0.25) is 0 Å². The highest BCUT2D eigenvalue weighted by Gasteiger charge is 2.55. The van der Waals surface area contributed by atoms with Gasteiger partial charge in [-0.2, -0.15) is 0 Å². The zero-order chi connectivity index (χ0) is 20.9. The zero-order valence-corrected chi connectivity index (χ0v) is 17.3. The van der Waals surface area contributed by atoms with Crippen LogP contribution in [0.5, 0.6) is 5.75 Å². The van der Waals surface area contributed by atoms with E-state index in [0.29, 0.717) is 5.56 Å². The highest BCUT2D eigenvalue weighted by molar-refractivity contribution is 6.33. The first-order valence-corrected chi connectivity index (χ1v) is 10.5. The number of carbonyl (C=O) groups is 1. The van der Waals surface area contributed by atoms with Crippen LogP contribution in [0.4, 0.5) is 0 Å². The lowest BCUT2D eigenvalue weighted by molar-refractivity contribution is -0.116. The van der Waals surface area contributed by atoms with Crippen LogP contribution in [0.25, 0.3) is 5.57 Å². The minimum atomic E-state index is -1.01. The molecule has 1 atom stereocenters. The fourth-order valence-electron chi connectivity index (χ4n) is 5.26. The first-order chi connectivity index (χ1) is 14.5. The summed E-state index contributed by atoms with van der Waals surface area (Å²) in [5.74, 6) is 0.264. The number of phenolic OH excluding ortho intramolecular Hbond substituents is 1. The van der Waals surface area contributed by atoms with Crippen molar-refractivity contribution in [2.45, 2.75) is 32.1 Å². The van der Waals surface area contributed by atoms with Gasteiger partial charge in [-0.1, -0.05) is 84.4 Å². The Morgan fingerprint density at radius 2 is 1.57 bits per heavy atom. The summed E-state index contributed by atoms with van der Waals surface area (Å²) >= 11 is 0. The summed E-state index contributed by atoms with van der Waals surface area (Å²) < 4.78 is 0. The first-order valence-electron chi connectivity index (χ1n) is 10.5. The number of phenols is 1. The summed E-state index contributed by atoms with van der Waals surface area (Å²) in [7, 11) is 0. The van der Waals surface area contributed by atoms with Gasteiger partial charge in [-0.05, 0) is 54.5 Å². The summed E-state index contributed by atoms with van der Waals surface area (Å²) in [6, 6.07) is 23.8. The van der Waals surface area contributed by atoms with E-state index in [-0.39, 0.29) is 11.5 Å². The van der Waals surface area contributed by atoms with Gasteiger partial charge >= 0.3 is 0 Å². The molecule has 1 unspecified atom stereocenters. The third-order valence-electron chi connectivity index (χ3n) is 6.46. The lowest BCUT2D eigenvalue weighted by Gasteiger charge is -2.33. The van der Waals surface area contributed by atoms with Crippen molar-refractivity contribution < 1.29 is 9.90 Å². The van der Waals surface area contributed by atoms with Crippen LogP contribution >= 0.6 is 0 Å². The van der Waals surface area contributed by atoms with Gasteiger partial charge in [0, 0.05) is 11.1 Å². The second-order valence-electron chi connectivity index (χ2n) is 8.30. The monoisotopic (exact) mass is 392 g/mol. The predicted octanol–water partition coefficient (Wildman–Crippen LogP) is 6.05. The molecule has 2 aliphatic carbocycles. The number of allylic oxidation sites excluding steroid dienone is 4. The Kier molecular flexibility index (Phi) is 4.25. The number of rotatable bonds is 3. The molecule has 0 amide bonds. The Hall–Kier alpha value is -3.39. The molecule has 0 fully saturated rings. The van der Waals surface area contributed by atoms with Crippen LogP contribution in [-0.2, 0) is 10.2 Å². The molecule has 0 saturated heterocycles. The predicted molar refractivity (Wildman–Crippen MR) is 120 cm³/mol. The second-order valence-corrected chi connectivity index (χ2v) is 8.30. The third kappa shape index (κ3) is 2.46. The Morgan fingerprint density at radius 1 is 0.900 bits per heavy atom. The third-order valence-corrected chi connectivity index (χ3v) is 6.46. The standard InChI is InChI=1S/C28H24O2/c1-18-16-19(2)26(29)24(17-18)28(21-12-7-4-8-13-21)23-15-9-14-22(23)25(27(28)30)20-10-5-3-6-11-20/h3-8,10-13,15-17,29H,9,14H2,1-2H3. The van der Waals surface area contributed by atoms with Crippen molar-refractivity contribution in [2.24, 2.45) is 0 Å². The van der Waals surface area contributed by atoms with Crippen molar-refractivity contribution in [3.8, 4) is 5.75 Å². The molecule has 0 heterocycles. The van der Waals surface area contributed by atoms with E-state index >= 15 is 0 Å². The number of carbonyl (C=O) groups excluding carboxylic acids is 1. The molecule has 0 bridgehead atoms. The van der Waals surface area contributed by atoms with Crippen molar-refractivity contribution in [2.75, 3.05) is 0 Å². The van der Waals surface area contributed by atoms with Gasteiger partial charge in [-0.25, -0.2) is 0 Å². The maximum Gasteiger partial charge on any atom is 0.183 e. The lowest BCUT2D eigenvalue weighted by atomic mass is 9.67. The normalized spacial score (nSPS) is 20.5. The molecule has 5 rings (SSSR count). The van der Waals surface area contributed by atoms with Crippen molar-refractivity contribution in [1.29, 1.82) is 0 Å². The molecule has 0 spiro atoms. The maximum atomic E-state index is 14.4. The highest BCUT2D eigenvalue weighted by Crippen LogP contribution is 2.58. The average Bonchev–Trinajstić information content (AvgIpc) is 3.31. The molecule has 2 nitrogen and oxygen atoms in total. The van der Waals surface area contributed by atoms with Gasteiger partial charge < -0.3 is 5.11 Å². The van der Waals surface area contributed by atoms with Gasteiger partial charge in [-0.3, -0.25) is 4.79 Å². The van der Waals surface area contributed by atoms with Gasteiger partial charge in [0.05, 0.1) is 0 Å². The molecule has 2 aliphatic rings. The summed E-state index contributed by atoms with van der Waals surface area (Å²) in [6.45, 7) is 3.92. The number of aryl methyl sites for hydroxylation is 2. The van der Waals surface area contributed by atoms with E-state index in [1.165, 1.54) is 0 Å². The van der Waals surface area contributed by atoms with Crippen molar-refractivity contribution >= 4 is 11.4 Å². The lowest BCUT2D eigenvalue weighted by Crippen LogP contribution is -2.36. The molecule has 0 saturated carbocycles. The number of aromatic hydroxyl groups is 1. The Balaban J connectivity index is 1.88. The summed E-state index contributed by atoms with van der Waals surface area (Å²) in [5, 5.41) is 11.2. The molecular formula is C28H24O2. The van der Waals surface area contributed by atoms with Crippen LogP contribution < -0.4 is 0 Å². The molecule has 3 aromatic rings. The van der Waals surface area contributed by atoms with E-state index in [1.807, 2.05) is 86.6 Å².